The van der Waals surface area contributed by atoms with Crippen LogP contribution in [-0.2, 0) is 4.79 Å². The van der Waals surface area contributed by atoms with Gasteiger partial charge in [0.05, 0.1) is 5.69 Å². The van der Waals surface area contributed by atoms with Crippen molar-refractivity contribution >= 4 is 34.8 Å². The minimum absolute atomic E-state index is 0.234. The zero-order valence-electron chi connectivity index (χ0n) is 8.36. The minimum Gasteiger partial charge on any atom is -0.368 e. The predicted molar refractivity (Wildman–Crippen MR) is 61.6 cm³/mol. The normalized spacial score (nSPS) is 20.1. The molecule has 16 heavy (non-hydrogen) atoms. The van der Waals surface area contributed by atoms with Crippen molar-refractivity contribution < 1.29 is 4.79 Å². The molecule has 1 aliphatic heterocycles. The number of aromatic nitrogens is 2. The van der Waals surface area contributed by atoms with Crippen molar-refractivity contribution in [2.75, 3.05) is 11.4 Å². The van der Waals surface area contributed by atoms with Crippen molar-refractivity contribution in [3.05, 3.63) is 16.4 Å². The van der Waals surface area contributed by atoms with Crippen LogP contribution in [0.3, 0.4) is 0 Å². The Morgan fingerprint density at radius 2 is 2.25 bits per heavy atom. The number of nitrogens with two attached hydrogens (primary N) is 1. The second kappa shape index (κ2) is 4.43. The van der Waals surface area contributed by atoms with Crippen LogP contribution in [0.25, 0.3) is 0 Å². The molecule has 0 spiro atoms. The van der Waals surface area contributed by atoms with Gasteiger partial charge in [-0.25, -0.2) is 0 Å². The fourth-order valence-corrected chi connectivity index (χ4v) is 2.24. The summed E-state index contributed by atoms with van der Waals surface area (Å²) < 4.78 is 0. The number of rotatable bonds is 2. The first kappa shape index (κ1) is 11.4. The highest BCUT2D eigenvalue weighted by atomic mass is 35.5. The lowest BCUT2D eigenvalue weighted by Gasteiger charge is -2.24. The Labute approximate surface area is 103 Å². The van der Waals surface area contributed by atoms with Crippen molar-refractivity contribution in [3.8, 4) is 0 Å². The first-order valence-corrected chi connectivity index (χ1v) is 5.60. The van der Waals surface area contributed by atoms with Gasteiger partial charge in [-0.3, -0.25) is 4.79 Å². The highest BCUT2D eigenvalue weighted by Gasteiger charge is 2.30. The molecule has 1 aromatic rings. The first-order chi connectivity index (χ1) is 7.59. The maximum absolute atomic E-state index is 11.2. The molecule has 0 aliphatic carbocycles. The van der Waals surface area contributed by atoms with Crippen molar-refractivity contribution in [1.29, 1.82) is 0 Å². The molecule has 5 nitrogen and oxygen atoms in total. The third-order valence-corrected chi connectivity index (χ3v) is 3.05. The molecule has 2 N–H and O–H groups in total. The Kier molecular flexibility index (Phi) is 3.16. The van der Waals surface area contributed by atoms with E-state index in [2.05, 4.69) is 10.2 Å². The molecule has 0 radical (unpaired) electrons. The molecule has 2 rings (SSSR count). The van der Waals surface area contributed by atoms with Crippen LogP contribution in [-0.4, -0.2) is 28.7 Å². The van der Waals surface area contributed by atoms with E-state index in [1.165, 1.54) is 0 Å². The highest BCUT2D eigenvalue weighted by Crippen LogP contribution is 2.31. The molecule has 7 heteroatoms. The lowest BCUT2D eigenvalue weighted by Crippen LogP contribution is -2.40. The summed E-state index contributed by atoms with van der Waals surface area (Å²) in [6.07, 6.45) is 1.62. The maximum atomic E-state index is 11.2. The Morgan fingerprint density at radius 1 is 1.50 bits per heavy atom. The van der Waals surface area contributed by atoms with Crippen LogP contribution in [0.1, 0.15) is 12.8 Å². The van der Waals surface area contributed by atoms with Crippen LogP contribution in [0.15, 0.2) is 6.07 Å². The lowest BCUT2D eigenvalue weighted by atomic mass is 10.2. The average molecular weight is 261 g/mol. The van der Waals surface area contributed by atoms with Gasteiger partial charge < -0.3 is 10.6 Å². The summed E-state index contributed by atoms with van der Waals surface area (Å²) in [5, 5.41) is 7.81. The number of carbonyl (C=O) groups is 1. The fourth-order valence-electron chi connectivity index (χ4n) is 1.90. The molecule has 1 amide bonds. The van der Waals surface area contributed by atoms with E-state index >= 15 is 0 Å². The number of anilines is 1. The van der Waals surface area contributed by atoms with E-state index < -0.39 is 0 Å². The zero-order valence-corrected chi connectivity index (χ0v) is 9.87. The van der Waals surface area contributed by atoms with Gasteiger partial charge in [-0.1, -0.05) is 23.2 Å². The average Bonchev–Trinajstić information content (AvgIpc) is 2.70. The van der Waals surface area contributed by atoms with Gasteiger partial charge in [-0.05, 0) is 12.8 Å². The third kappa shape index (κ3) is 2.05. The van der Waals surface area contributed by atoms with E-state index in [1.54, 1.807) is 6.07 Å². The number of amides is 1. The molecular weight excluding hydrogens is 251 g/mol. The van der Waals surface area contributed by atoms with E-state index in [9.17, 15) is 4.79 Å². The van der Waals surface area contributed by atoms with Crippen molar-refractivity contribution in [1.82, 2.24) is 10.2 Å². The molecule has 1 fully saturated rings. The predicted octanol–water partition coefficient (Wildman–Crippen LogP) is 1.24. The summed E-state index contributed by atoms with van der Waals surface area (Å²) in [5.41, 5.74) is 5.93. The number of primary amides is 1. The molecule has 1 unspecified atom stereocenters. The van der Waals surface area contributed by atoms with E-state index in [0.29, 0.717) is 5.69 Å². The van der Waals surface area contributed by atoms with Gasteiger partial charge in [0.15, 0.2) is 10.3 Å². The van der Waals surface area contributed by atoms with Crippen LogP contribution in [0.5, 0.6) is 0 Å². The Bertz CT molecular complexity index is 426. The maximum Gasteiger partial charge on any atom is 0.240 e. The molecule has 1 aromatic heterocycles. The SMILES string of the molecule is NC(=O)C1CCCN1c1cc(Cl)nnc1Cl. The summed E-state index contributed by atoms with van der Waals surface area (Å²) in [6.45, 7) is 0.718. The van der Waals surface area contributed by atoms with Crippen molar-refractivity contribution in [2.24, 2.45) is 5.73 Å². The first-order valence-electron chi connectivity index (χ1n) is 4.84. The molecule has 86 valence electrons. The quantitative estimate of drug-likeness (QED) is 0.869. The Balaban J connectivity index is 2.35. The topological polar surface area (TPSA) is 72.1 Å². The van der Waals surface area contributed by atoms with Gasteiger partial charge in [0.25, 0.3) is 0 Å². The molecular formula is C9H10Cl2N4O. The molecule has 0 aromatic carbocycles. The van der Waals surface area contributed by atoms with Gasteiger partial charge in [-0.15, -0.1) is 10.2 Å². The largest absolute Gasteiger partial charge is 0.368 e. The van der Waals surface area contributed by atoms with Gasteiger partial charge >= 0.3 is 0 Å². The van der Waals surface area contributed by atoms with Gasteiger partial charge in [0.2, 0.25) is 5.91 Å². The van der Waals surface area contributed by atoms with Gasteiger partial charge in [-0.2, -0.15) is 0 Å². The second-order valence-corrected chi connectivity index (χ2v) is 4.34. The Hall–Kier alpha value is -1.07. The number of carbonyl (C=O) groups excluding carboxylic acids is 1. The zero-order chi connectivity index (χ0) is 11.7. The van der Waals surface area contributed by atoms with Crippen molar-refractivity contribution in [2.45, 2.75) is 18.9 Å². The third-order valence-electron chi connectivity index (χ3n) is 2.59. The fraction of sp³-hybridized carbons (Fsp3) is 0.444. The lowest BCUT2D eigenvalue weighted by molar-refractivity contribution is -0.119. The Morgan fingerprint density at radius 3 is 2.94 bits per heavy atom. The summed E-state index contributed by atoms with van der Waals surface area (Å²) in [7, 11) is 0. The summed E-state index contributed by atoms with van der Waals surface area (Å²) >= 11 is 11.7. The van der Waals surface area contributed by atoms with E-state index in [1.807, 2.05) is 4.90 Å². The number of hydrogen-bond donors (Lipinski definition) is 1. The van der Waals surface area contributed by atoms with Gasteiger partial charge in [0.1, 0.15) is 6.04 Å². The molecule has 1 saturated heterocycles. The van der Waals surface area contributed by atoms with Crippen LogP contribution >= 0.6 is 23.2 Å². The standard InChI is InChI=1S/C9H10Cl2N4O/c10-7-4-6(8(11)14-13-7)15-3-1-2-5(15)9(12)16/h4-5H,1-3H2,(H2,12,16). The monoisotopic (exact) mass is 260 g/mol. The highest BCUT2D eigenvalue weighted by molar-refractivity contribution is 6.33. The summed E-state index contributed by atoms with van der Waals surface area (Å²) in [4.78, 5) is 13.1. The van der Waals surface area contributed by atoms with Crippen LogP contribution < -0.4 is 10.6 Å². The molecule has 0 saturated carbocycles. The summed E-state index contributed by atoms with van der Waals surface area (Å²) in [6, 6.07) is 1.26. The number of hydrogen-bond acceptors (Lipinski definition) is 4. The minimum atomic E-state index is -0.360. The van der Waals surface area contributed by atoms with E-state index in [4.69, 9.17) is 28.9 Å². The number of nitrogens with zero attached hydrogens (tertiary/aromatic N) is 3. The molecule has 0 bridgehead atoms. The van der Waals surface area contributed by atoms with E-state index in [0.717, 1.165) is 19.4 Å². The van der Waals surface area contributed by atoms with Gasteiger partial charge in [0, 0.05) is 12.6 Å². The van der Waals surface area contributed by atoms with Crippen LogP contribution in [0.2, 0.25) is 10.3 Å². The number of halogens is 2. The molecule has 1 atom stereocenters. The van der Waals surface area contributed by atoms with Crippen LogP contribution in [0.4, 0.5) is 5.69 Å². The molecule has 2 heterocycles. The summed E-state index contributed by atoms with van der Waals surface area (Å²) in [5.74, 6) is -0.360. The van der Waals surface area contributed by atoms with E-state index in [-0.39, 0.29) is 22.3 Å². The smallest absolute Gasteiger partial charge is 0.240 e. The molecule has 1 aliphatic rings. The second-order valence-electron chi connectivity index (χ2n) is 3.60. The van der Waals surface area contributed by atoms with Crippen LogP contribution in [0, 0.1) is 0 Å². The van der Waals surface area contributed by atoms with Crippen molar-refractivity contribution in [3.63, 3.8) is 0 Å².